The molecule has 0 heterocycles. The van der Waals surface area contributed by atoms with E-state index in [0.29, 0.717) is 5.92 Å². The van der Waals surface area contributed by atoms with Crippen LogP contribution in [0.4, 0.5) is 0 Å². The Hall–Kier alpha value is -0.940. The van der Waals surface area contributed by atoms with E-state index < -0.39 is 6.04 Å². The number of rotatable bonds is 5. The van der Waals surface area contributed by atoms with E-state index in [1.807, 2.05) is 0 Å². The number of carbonyl (C=O) groups is 2. The molecule has 0 saturated heterocycles. The van der Waals surface area contributed by atoms with Gasteiger partial charge in [-0.3, -0.25) is 9.59 Å². The van der Waals surface area contributed by atoms with Gasteiger partial charge >= 0.3 is 0 Å². The zero-order valence-corrected chi connectivity index (χ0v) is 10.2. The van der Waals surface area contributed by atoms with Crippen LogP contribution in [0.15, 0.2) is 0 Å². The van der Waals surface area contributed by atoms with E-state index in [-0.39, 0.29) is 30.8 Å². The van der Waals surface area contributed by atoms with Crippen LogP contribution in [-0.2, 0) is 9.59 Å². The SMILES string of the molecule is CC(=O)[C@H](CO)NC(=O)C1CCC(CO)CC1. The summed E-state index contributed by atoms with van der Waals surface area (Å²) < 4.78 is 0. The molecule has 5 heteroatoms. The Balaban J connectivity index is 2.41. The van der Waals surface area contributed by atoms with Gasteiger partial charge in [-0.25, -0.2) is 0 Å². The van der Waals surface area contributed by atoms with Gasteiger partial charge in [0.1, 0.15) is 6.04 Å². The average molecular weight is 243 g/mol. The van der Waals surface area contributed by atoms with Crippen molar-refractivity contribution in [2.75, 3.05) is 13.2 Å². The zero-order chi connectivity index (χ0) is 12.8. The summed E-state index contributed by atoms with van der Waals surface area (Å²) >= 11 is 0. The van der Waals surface area contributed by atoms with E-state index in [0.717, 1.165) is 25.7 Å². The Morgan fingerprint density at radius 2 is 1.82 bits per heavy atom. The van der Waals surface area contributed by atoms with E-state index in [2.05, 4.69) is 5.32 Å². The molecule has 1 atom stereocenters. The van der Waals surface area contributed by atoms with Crippen LogP contribution in [0.1, 0.15) is 32.6 Å². The number of carbonyl (C=O) groups excluding carboxylic acids is 2. The predicted octanol–water partition coefficient (Wildman–Crippen LogP) is -0.149. The highest BCUT2D eigenvalue weighted by atomic mass is 16.3. The van der Waals surface area contributed by atoms with Gasteiger partial charge in [0.05, 0.1) is 6.61 Å². The van der Waals surface area contributed by atoms with Crippen molar-refractivity contribution in [1.29, 1.82) is 0 Å². The molecule has 0 bridgehead atoms. The van der Waals surface area contributed by atoms with Gasteiger partial charge in [-0.15, -0.1) is 0 Å². The first kappa shape index (κ1) is 14.1. The quantitative estimate of drug-likeness (QED) is 0.627. The molecule has 3 N–H and O–H groups in total. The summed E-state index contributed by atoms with van der Waals surface area (Å²) in [5.41, 5.74) is 0. The number of Topliss-reactive ketones (excluding diaryl/α,β-unsaturated/α-hetero) is 1. The van der Waals surface area contributed by atoms with Crippen LogP contribution in [0.5, 0.6) is 0 Å². The topological polar surface area (TPSA) is 86.6 Å². The average Bonchev–Trinajstić information content (AvgIpc) is 2.35. The summed E-state index contributed by atoms with van der Waals surface area (Å²) in [6.45, 7) is 1.18. The number of aliphatic hydroxyl groups excluding tert-OH is 2. The molecule has 1 saturated carbocycles. The molecule has 1 amide bonds. The lowest BCUT2D eigenvalue weighted by atomic mass is 9.82. The molecule has 0 aromatic heterocycles. The molecular formula is C12H21NO4. The standard InChI is InChI=1S/C12H21NO4/c1-8(16)11(7-15)13-12(17)10-4-2-9(6-14)3-5-10/h9-11,14-15H,2-7H2,1H3,(H,13,17)/t9?,10?,11-/m0/s1. The third kappa shape index (κ3) is 4.09. The number of nitrogens with one attached hydrogen (secondary N) is 1. The van der Waals surface area contributed by atoms with Crippen molar-refractivity contribution in [1.82, 2.24) is 5.32 Å². The van der Waals surface area contributed by atoms with Crippen molar-refractivity contribution in [3.63, 3.8) is 0 Å². The molecule has 0 radical (unpaired) electrons. The lowest BCUT2D eigenvalue weighted by molar-refractivity contribution is -0.131. The molecule has 1 rings (SSSR count). The smallest absolute Gasteiger partial charge is 0.223 e. The van der Waals surface area contributed by atoms with E-state index in [4.69, 9.17) is 10.2 Å². The van der Waals surface area contributed by atoms with Crippen LogP contribution in [0.2, 0.25) is 0 Å². The number of hydrogen-bond donors (Lipinski definition) is 3. The minimum atomic E-state index is -0.780. The zero-order valence-electron chi connectivity index (χ0n) is 10.2. The van der Waals surface area contributed by atoms with Gasteiger partial charge < -0.3 is 15.5 Å². The van der Waals surface area contributed by atoms with Crippen molar-refractivity contribution >= 4 is 11.7 Å². The maximum atomic E-state index is 11.8. The maximum absolute atomic E-state index is 11.8. The molecule has 17 heavy (non-hydrogen) atoms. The fraction of sp³-hybridized carbons (Fsp3) is 0.833. The second kappa shape index (κ2) is 6.71. The van der Waals surface area contributed by atoms with Gasteiger partial charge in [0, 0.05) is 12.5 Å². The molecule has 5 nitrogen and oxygen atoms in total. The van der Waals surface area contributed by atoms with Gasteiger partial charge in [0.25, 0.3) is 0 Å². The van der Waals surface area contributed by atoms with Crippen LogP contribution < -0.4 is 5.32 Å². The first-order chi connectivity index (χ1) is 8.08. The Morgan fingerprint density at radius 3 is 2.24 bits per heavy atom. The van der Waals surface area contributed by atoms with Gasteiger partial charge in [0.15, 0.2) is 5.78 Å². The summed E-state index contributed by atoms with van der Waals surface area (Å²) in [6.07, 6.45) is 3.18. The van der Waals surface area contributed by atoms with E-state index in [1.165, 1.54) is 6.92 Å². The van der Waals surface area contributed by atoms with E-state index in [1.54, 1.807) is 0 Å². The molecule has 0 aliphatic heterocycles. The third-order valence-corrected chi connectivity index (χ3v) is 3.47. The Morgan fingerprint density at radius 1 is 1.24 bits per heavy atom. The summed E-state index contributed by atoms with van der Waals surface area (Å²) in [4.78, 5) is 22.9. The van der Waals surface area contributed by atoms with Crippen molar-refractivity contribution < 1.29 is 19.8 Å². The predicted molar refractivity (Wildman–Crippen MR) is 62.2 cm³/mol. The van der Waals surface area contributed by atoms with Crippen LogP contribution >= 0.6 is 0 Å². The summed E-state index contributed by atoms with van der Waals surface area (Å²) in [7, 11) is 0. The van der Waals surface area contributed by atoms with Crippen LogP contribution in [0, 0.1) is 11.8 Å². The minimum Gasteiger partial charge on any atom is -0.396 e. The van der Waals surface area contributed by atoms with Crippen molar-refractivity contribution in [3.05, 3.63) is 0 Å². The molecule has 1 aliphatic rings. The van der Waals surface area contributed by atoms with Crippen LogP contribution in [-0.4, -0.2) is 41.2 Å². The number of aliphatic hydroxyl groups is 2. The molecule has 0 unspecified atom stereocenters. The highest BCUT2D eigenvalue weighted by Gasteiger charge is 2.27. The van der Waals surface area contributed by atoms with E-state index in [9.17, 15) is 9.59 Å². The molecule has 98 valence electrons. The Labute approximate surface area is 101 Å². The summed E-state index contributed by atoms with van der Waals surface area (Å²) in [5.74, 6) is -0.174. The van der Waals surface area contributed by atoms with Crippen molar-refractivity contribution in [3.8, 4) is 0 Å². The van der Waals surface area contributed by atoms with Gasteiger partial charge in [-0.2, -0.15) is 0 Å². The van der Waals surface area contributed by atoms with Crippen molar-refractivity contribution in [2.45, 2.75) is 38.6 Å². The number of hydrogen-bond acceptors (Lipinski definition) is 4. The number of ketones is 1. The summed E-state index contributed by atoms with van der Waals surface area (Å²) in [5, 5.41) is 20.5. The summed E-state index contributed by atoms with van der Waals surface area (Å²) in [6, 6.07) is -0.780. The monoisotopic (exact) mass is 243 g/mol. The van der Waals surface area contributed by atoms with Crippen LogP contribution in [0.25, 0.3) is 0 Å². The minimum absolute atomic E-state index is 0.0915. The van der Waals surface area contributed by atoms with Gasteiger partial charge in [0.2, 0.25) is 5.91 Å². The molecule has 0 spiro atoms. The lowest BCUT2D eigenvalue weighted by Crippen LogP contribution is -2.45. The second-order valence-corrected chi connectivity index (χ2v) is 4.75. The highest BCUT2D eigenvalue weighted by molar-refractivity contribution is 5.88. The lowest BCUT2D eigenvalue weighted by Gasteiger charge is -2.27. The highest BCUT2D eigenvalue weighted by Crippen LogP contribution is 2.28. The largest absolute Gasteiger partial charge is 0.396 e. The molecular weight excluding hydrogens is 222 g/mol. The van der Waals surface area contributed by atoms with Gasteiger partial charge in [-0.05, 0) is 38.5 Å². The van der Waals surface area contributed by atoms with Crippen LogP contribution in [0.3, 0.4) is 0 Å². The third-order valence-electron chi connectivity index (χ3n) is 3.47. The fourth-order valence-corrected chi connectivity index (χ4v) is 2.17. The molecule has 0 aromatic carbocycles. The van der Waals surface area contributed by atoms with Gasteiger partial charge in [-0.1, -0.05) is 0 Å². The maximum Gasteiger partial charge on any atom is 0.223 e. The molecule has 1 fully saturated rings. The normalized spacial score (nSPS) is 26.3. The van der Waals surface area contributed by atoms with E-state index >= 15 is 0 Å². The Kier molecular flexibility index (Phi) is 5.58. The van der Waals surface area contributed by atoms with Crippen molar-refractivity contribution in [2.24, 2.45) is 11.8 Å². The Bertz CT molecular complexity index is 272. The first-order valence-corrected chi connectivity index (χ1v) is 6.11. The molecule has 1 aliphatic carbocycles. The fourth-order valence-electron chi connectivity index (χ4n) is 2.17. The number of amides is 1. The second-order valence-electron chi connectivity index (χ2n) is 4.75. The molecule has 0 aromatic rings. The first-order valence-electron chi connectivity index (χ1n) is 6.11.